The van der Waals surface area contributed by atoms with Crippen LogP contribution in [0.25, 0.3) is 0 Å². The highest BCUT2D eigenvalue weighted by molar-refractivity contribution is 6.42. The second-order valence-electron chi connectivity index (χ2n) is 3.28. The average Bonchev–Trinajstić information content (AvgIpc) is 2.65. The van der Waals surface area contributed by atoms with Crippen LogP contribution in [0.15, 0.2) is 12.1 Å². The van der Waals surface area contributed by atoms with E-state index in [1.54, 1.807) is 12.1 Å². The van der Waals surface area contributed by atoms with Gasteiger partial charge in [0, 0.05) is 11.6 Å². The van der Waals surface area contributed by atoms with Gasteiger partial charge in [-0.1, -0.05) is 23.2 Å². The molecule has 2 N–H and O–H groups in total. The van der Waals surface area contributed by atoms with Crippen molar-refractivity contribution in [1.82, 2.24) is 5.32 Å². The van der Waals surface area contributed by atoms with Gasteiger partial charge in [0.2, 0.25) is 0 Å². The molecule has 0 spiro atoms. The first-order valence-electron chi connectivity index (χ1n) is 4.42. The van der Waals surface area contributed by atoms with Crippen LogP contribution in [0, 0.1) is 6.42 Å². The Labute approximate surface area is 92.8 Å². The van der Waals surface area contributed by atoms with Crippen LogP contribution in [-0.4, -0.2) is 11.7 Å². The average molecular weight is 231 g/mol. The van der Waals surface area contributed by atoms with Gasteiger partial charge in [-0.05, 0) is 31.5 Å². The summed E-state index contributed by atoms with van der Waals surface area (Å²) in [6.07, 6.45) is 2.98. The van der Waals surface area contributed by atoms with Crippen molar-refractivity contribution < 1.29 is 5.11 Å². The van der Waals surface area contributed by atoms with Gasteiger partial charge >= 0.3 is 0 Å². The molecule has 2 rings (SSSR count). The van der Waals surface area contributed by atoms with E-state index >= 15 is 0 Å². The number of rotatable bonds is 1. The predicted octanol–water partition coefficient (Wildman–Crippen LogP) is 2.94. The molecule has 1 fully saturated rings. The molecule has 0 aliphatic carbocycles. The van der Waals surface area contributed by atoms with Gasteiger partial charge in [0.05, 0.1) is 10.0 Å². The lowest BCUT2D eigenvalue weighted by atomic mass is 10.0. The second kappa shape index (κ2) is 3.97. The monoisotopic (exact) mass is 230 g/mol. The summed E-state index contributed by atoms with van der Waals surface area (Å²) < 4.78 is 0. The Hall–Kier alpha value is -0.440. The van der Waals surface area contributed by atoms with Crippen molar-refractivity contribution in [1.29, 1.82) is 0 Å². The largest absolute Gasteiger partial charge is 0.508 e. The molecule has 1 aromatic carbocycles. The van der Waals surface area contributed by atoms with E-state index in [2.05, 4.69) is 11.7 Å². The quantitative estimate of drug-likeness (QED) is 0.778. The number of hydrogen-bond acceptors (Lipinski definition) is 2. The number of phenols is 1. The van der Waals surface area contributed by atoms with Crippen molar-refractivity contribution in [3.05, 3.63) is 34.2 Å². The molecule has 1 aromatic rings. The van der Waals surface area contributed by atoms with Gasteiger partial charge in [0.25, 0.3) is 0 Å². The van der Waals surface area contributed by atoms with Crippen molar-refractivity contribution >= 4 is 23.2 Å². The summed E-state index contributed by atoms with van der Waals surface area (Å²) in [4.78, 5) is 0. The van der Waals surface area contributed by atoms with E-state index in [9.17, 15) is 5.11 Å². The maximum Gasteiger partial charge on any atom is 0.121 e. The number of halogens is 2. The highest BCUT2D eigenvalue weighted by atomic mass is 35.5. The van der Waals surface area contributed by atoms with Crippen LogP contribution < -0.4 is 5.32 Å². The maximum atomic E-state index is 9.68. The van der Waals surface area contributed by atoms with E-state index in [4.69, 9.17) is 23.2 Å². The topological polar surface area (TPSA) is 32.3 Å². The fourth-order valence-electron chi connectivity index (χ4n) is 1.67. The summed E-state index contributed by atoms with van der Waals surface area (Å²) in [5.74, 6) is 0.201. The van der Waals surface area contributed by atoms with E-state index in [0.717, 1.165) is 13.0 Å². The van der Waals surface area contributed by atoms with Gasteiger partial charge < -0.3 is 10.4 Å². The van der Waals surface area contributed by atoms with Crippen LogP contribution in [-0.2, 0) is 0 Å². The standard InChI is InChI=1S/C10H10Cl2NO/c11-6-3-4-8(14)9(10(6)12)7-2-1-5-13-7/h1,3-4,7,13-14H,2,5H2/t7-/m1/s1. The molecule has 14 heavy (non-hydrogen) atoms. The Balaban J connectivity index is 2.44. The summed E-state index contributed by atoms with van der Waals surface area (Å²) in [6.45, 7) is 0.840. The molecule has 4 heteroatoms. The van der Waals surface area contributed by atoms with Gasteiger partial charge in [-0.25, -0.2) is 0 Å². The summed E-state index contributed by atoms with van der Waals surface area (Å²) in [5, 5.41) is 13.8. The third-order valence-electron chi connectivity index (χ3n) is 2.37. The van der Waals surface area contributed by atoms with Crippen LogP contribution in [0.1, 0.15) is 18.0 Å². The zero-order valence-electron chi connectivity index (χ0n) is 7.43. The molecule has 1 heterocycles. The van der Waals surface area contributed by atoms with E-state index in [1.165, 1.54) is 0 Å². The molecular formula is C10H10Cl2NO. The first-order chi connectivity index (χ1) is 6.70. The molecule has 0 unspecified atom stereocenters. The summed E-state index contributed by atoms with van der Waals surface area (Å²) >= 11 is 11.9. The van der Waals surface area contributed by atoms with Gasteiger partial charge in [-0.15, -0.1) is 0 Å². The first kappa shape index (κ1) is 10.1. The highest BCUT2D eigenvalue weighted by Crippen LogP contribution is 2.39. The number of phenolic OH excluding ortho intramolecular Hbond substituents is 1. The van der Waals surface area contributed by atoms with Crippen LogP contribution in [0.5, 0.6) is 5.75 Å². The number of nitrogens with one attached hydrogen (secondary N) is 1. The number of hydrogen-bond donors (Lipinski definition) is 2. The molecular weight excluding hydrogens is 221 g/mol. The minimum absolute atomic E-state index is 0.0844. The van der Waals surface area contributed by atoms with Crippen LogP contribution >= 0.6 is 23.2 Å². The number of benzene rings is 1. The minimum Gasteiger partial charge on any atom is -0.508 e. The van der Waals surface area contributed by atoms with E-state index < -0.39 is 0 Å². The zero-order valence-corrected chi connectivity index (χ0v) is 8.94. The molecule has 0 amide bonds. The van der Waals surface area contributed by atoms with Gasteiger partial charge in [-0.2, -0.15) is 0 Å². The zero-order chi connectivity index (χ0) is 10.1. The Morgan fingerprint density at radius 2 is 2.14 bits per heavy atom. The van der Waals surface area contributed by atoms with Crippen molar-refractivity contribution in [3.63, 3.8) is 0 Å². The smallest absolute Gasteiger partial charge is 0.121 e. The van der Waals surface area contributed by atoms with E-state index in [1.807, 2.05) is 0 Å². The SMILES string of the molecule is Oc1ccc(Cl)c(Cl)c1[C@H]1C[CH]CN1. The van der Waals surface area contributed by atoms with Gasteiger partial charge in [-0.3, -0.25) is 0 Å². The molecule has 1 saturated heterocycles. The molecule has 1 aliphatic heterocycles. The van der Waals surface area contributed by atoms with Crippen LogP contribution in [0.4, 0.5) is 0 Å². The third-order valence-corrected chi connectivity index (χ3v) is 3.19. The van der Waals surface area contributed by atoms with E-state index in [0.29, 0.717) is 15.6 Å². The Bertz CT molecular complexity index is 348. The molecule has 0 aromatic heterocycles. The van der Waals surface area contributed by atoms with Crippen LogP contribution in [0.3, 0.4) is 0 Å². The van der Waals surface area contributed by atoms with Crippen LogP contribution in [0.2, 0.25) is 10.0 Å². The second-order valence-corrected chi connectivity index (χ2v) is 4.06. The minimum atomic E-state index is 0.0844. The molecule has 1 aliphatic rings. The first-order valence-corrected chi connectivity index (χ1v) is 5.17. The van der Waals surface area contributed by atoms with Crippen molar-refractivity contribution in [3.8, 4) is 5.75 Å². The molecule has 2 nitrogen and oxygen atoms in total. The summed E-state index contributed by atoms with van der Waals surface area (Å²) in [5.41, 5.74) is 0.702. The normalized spacial score (nSPS) is 21.4. The molecule has 0 bridgehead atoms. The fourth-order valence-corrected chi connectivity index (χ4v) is 2.12. The lowest BCUT2D eigenvalue weighted by Crippen LogP contribution is -2.13. The molecule has 1 radical (unpaired) electrons. The van der Waals surface area contributed by atoms with E-state index in [-0.39, 0.29) is 11.8 Å². The molecule has 75 valence electrons. The Morgan fingerprint density at radius 3 is 2.79 bits per heavy atom. The van der Waals surface area contributed by atoms with Gasteiger partial charge in [0.15, 0.2) is 0 Å². The van der Waals surface area contributed by atoms with Crippen molar-refractivity contribution in [2.45, 2.75) is 12.5 Å². The third kappa shape index (κ3) is 1.70. The highest BCUT2D eigenvalue weighted by Gasteiger charge is 2.23. The maximum absolute atomic E-state index is 9.68. The lowest BCUT2D eigenvalue weighted by Gasteiger charge is -2.14. The predicted molar refractivity (Wildman–Crippen MR) is 57.8 cm³/mol. The summed E-state index contributed by atoms with van der Waals surface area (Å²) in [6, 6.07) is 3.26. The molecule has 0 saturated carbocycles. The van der Waals surface area contributed by atoms with Crippen molar-refractivity contribution in [2.24, 2.45) is 0 Å². The number of aromatic hydroxyl groups is 1. The van der Waals surface area contributed by atoms with Crippen molar-refractivity contribution in [2.75, 3.05) is 6.54 Å². The Morgan fingerprint density at radius 1 is 1.36 bits per heavy atom. The lowest BCUT2D eigenvalue weighted by molar-refractivity contribution is 0.457. The fraction of sp³-hybridized carbons (Fsp3) is 0.300. The Kier molecular flexibility index (Phi) is 2.86. The van der Waals surface area contributed by atoms with Gasteiger partial charge in [0.1, 0.15) is 5.75 Å². The molecule has 1 atom stereocenters. The summed E-state index contributed by atoms with van der Waals surface area (Å²) in [7, 11) is 0.